The van der Waals surface area contributed by atoms with Gasteiger partial charge in [0, 0.05) is 4.90 Å². The number of imide groups is 1. The fraction of sp³-hybridized carbons (Fsp3) is 0.0667. The second-order valence-electron chi connectivity index (χ2n) is 4.27. The van der Waals surface area contributed by atoms with Crippen molar-refractivity contribution in [2.24, 2.45) is 5.73 Å². The van der Waals surface area contributed by atoms with Crippen LogP contribution in [0.25, 0.3) is 0 Å². The number of benzene rings is 2. The number of hydrogen-bond acceptors (Lipinski definition) is 3. The second kappa shape index (κ2) is 6.57. The number of carbonyl (C=O) groups excluding carboxylic acids is 2. The number of thioether (sulfide) groups is 1. The zero-order valence-corrected chi connectivity index (χ0v) is 12.4. The minimum Gasteiger partial charge on any atom is -0.351 e. The minimum atomic E-state index is -1.15. The van der Waals surface area contributed by atoms with Crippen LogP contribution in [0.1, 0.15) is 10.4 Å². The lowest BCUT2D eigenvalue weighted by molar-refractivity contribution is 0.0987. The average Bonchev–Trinajstić information content (AvgIpc) is 2.47. The van der Waals surface area contributed by atoms with Crippen LogP contribution in [-0.4, -0.2) is 18.2 Å². The van der Waals surface area contributed by atoms with Crippen LogP contribution in [0.5, 0.6) is 0 Å². The lowest BCUT2D eigenvalue weighted by Gasteiger charge is -2.19. The standard InChI is InChI=1S/C15H12F2N2O2S/c1-22-10-7-5-9(6-8-10)19(15(18)21)14(20)13-11(16)3-2-4-12(13)17/h2-8H,1H3,(H2,18,21). The number of urea groups is 1. The van der Waals surface area contributed by atoms with Crippen molar-refractivity contribution in [1.82, 2.24) is 0 Å². The maximum absolute atomic E-state index is 13.7. The van der Waals surface area contributed by atoms with Crippen LogP contribution in [0, 0.1) is 11.6 Å². The molecular formula is C15H12F2N2O2S. The van der Waals surface area contributed by atoms with Crippen molar-refractivity contribution in [3.05, 3.63) is 59.7 Å². The first-order valence-electron chi connectivity index (χ1n) is 6.17. The van der Waals surface area contributed by atoms with Gasteiger partial charge in [-0.3, -0.25) is 4.79 Å². The minimum absolute atomic E-state index is 0.137. The molecule has 4 nitrogen and oxygen atoms in total. The third-order valence-corrected chi connectivity index (χ3v) is 3.67. The van der Waals surface area contributed by atoms with Crippen LogP contribution < -0.4 is 10.6 Å². The Morgan fingerprint density at radius 1 is 1.05 bits per heavy atom. The zero-order valence-electron chi connectivity index (χ0n) is 11.5. The zero-order chi connectivity index (χ0) is 16.3. The van der Waals surface area contributed by atoms with Gasteiger partial charge in [-0.1, -0.05) is 6.07 Å². The van der Waals surface area contributed by atoms with Crippen molar-refractivity contribution in [3.8, 4) is 0 Å². The number of anilines is 1. The number of primary amides is 1. The van der Waals surface area contributed by atoms with E-state index < -0.39 is 29.1 Å². The van der Waals surface area contributed by atoms with E-state index in [1.165, 1.54) is 23.9 Å². The van der Waals surface area contributed by atoms with E-state index in [0.29, 0.717) is 4.90 Å². The van der Waals surface area contributed by atoms with E-state index in [1.54, 1.807) is 12.1 Å². The number of halogens is 2. The molecule has 3 amide bonds. The molecule has 0 atom stereocenters. The number of amides is 3. The van der Waals surface area contributed by atoms with Crippen LogP contribution >= 0.6 is 11.8 Å². The van der Waals surface area contributed by atoms with Gasteiger partial charge in [-0.2, -0.15) is 0 Å². The van der Waals surface area contributed by atoms with E-state index >= 15 is 0 Å². The number of nitrogens with zero attached hydrogens (tertiary/aromatic N) is 1. The van der Waals surface area contributed by atoms with Crippen molar-refractivity contribution in [2.75, 3.05) is 11.2 Å². The van der Waals surface area contributed by atoms with Crippen LogP contribution in [0.15, 0.2) is 47.4 Å². The Bertz CT molecular complexity index is 700. The summed E-state index contributed by atoms with van der Waals surface area (Å²) in [6, 6.07) is 8.18. The number of carbonyl (C=O) groups is 2. The smallest absolute Gasteiger partial charge is 0.326 e. The number of rotatable bonds is 3. The molecule has 0 saturated heterocycles. The molecule has 114 valence electrons. The molecule has 0 unspecified atom stereocenters. The Kier molecular flexibility index (Phi) is 4.77. The van der Waals surface area contributed by atoms with Gasteiger partial charge in [-0.25, -0.2) is 18.5 Å². The van der Waals surface area contributed by atoms with Crippen molar-refractivity contribution in [3.63, 3.8) is 0 Å². The highest BCUT2D eigenvalue weighted by Gasteiger charge is 2.27. The molecule has 0 aliphatic rings. The van der Waals surface area contributed by atoms with Gasteiger partial charge < -0.3 is 5.73 Å². The van der Waals surface area contributed by atoms with Crippen LogP contribution in [0.3, 0.4) is 0 Å². The molecule has 2 aromatic rings. The van der Waals surface area contributed by atoms with Crippen molar-refractivity contribution in [2.45, 2.75) is 4.90 Å². The molecule has 0 aliphatic heterocycles. The molecule has 0 saturated carbocycles. The topological polar surface area (TPSA) is 63.4 Å². The molecular weight excluding hydrogens is 310 g/mol. The summed E-state index contributed by atoms with van der Waals surface area (Å²) in [5, 5.41) is 0. The summed E-state index contributed by atoms with van der Waals surface area (Å²) < 4.78 is 27.4. The molecule has 2 rings (SSSR count). The maximum Gasteiger partial charge on any atom is 0.326 e. The summed E-state index contributed by atoms with van der Waals surface area (Å²) in [5.74, 6) is -3.27. The summed E-state index contributed by atoms with van der Waals surface area (Å²) in [7, 11) is 0. The Hall–Kier alpha value is -2.41. The first kappa shape index (κ1) is 16.0. The predicted octanol–water partition coefficient (Wildman–Crippen LogP) is 3.41. The van der Waals surface area contributed by atoms with Gasteiger partial charge >= 0.3 is 6.03 Å². The predicted molar refractivity (Wildman–Crippen MR) is 81.0 cm³/mol. The normalized spacial score (nSPS) is 10.3. The molecule has 22 heavy (non-hydrogen) atoms. The summed E-state index contributed by atoms with van der Waals surface area (Å²) in [4.78, 5) is 25.3. The van der Waals surface area contributed by atoms with Gasteiger partial charge in [0.2, 0.25) is 0 Å². The molecule has 0 heterocycles. The van der Waals surface area contributed by atoms with Crippen molar-refractivity contribution < 1.29 is 18.4 Å². The molecule has 2 aromatic carbocycles. The fourth-order valence-corrected chi connectivity index (χ4v) is 2.30. The Labute approximate surface area is 129 Å². The first-order valence-corrected chi connectivity index (χ1v) is 7.40. The first-order chi connectivity index (χ1) is 10.5. The highest BCUT2D eigenvalue weighted by atomic mass is 32.2. The summed E-state index contributed by atoms with van der Waals surface area (Å²) in [5.41, 5.74) is 4.51. The summed E-state index contributed by atoms with van der Waals surface area (Å²) in [6.07, 6.45) is 1.86. The highest BCUT2D eigenvalue weighted by Crippen LogP contribution is 2.23. The molecule has 0 spiro atoms. The SMILES string of the molecule is CSc1ccc(N(C(N)=O)C(=O)c2c(F)cccc2F)cc1. The monoisotopic (exact) mass is 322 g/mol. The summed E-state index contributed by atoms with van der Waals surface area (Å²) >= 11 is 1.47. The van der Waals surface area contributed by atoms with Crippen molar-refractivity contribution in [1.29, 1.82) is 0 Å². The van der Waals surface area contributed by atoms with Gasteiger partial charge in [-0.05, 0) is 42.7 Å². The van der Waals surface area contributed by atoms with E-state index in [-0.39, 0.29) is 5.69 Å². The number of hydrogen-bond donors (Lipinski definition) is 1. The second-order valence-corrected chi connectivity index (χ2v) is 5.15. The highest BCUT2D eigenvalue weighted by molar-refractivity contribution is 7.98. The molecule has 7 heteroatoms. The Balaban J connectivity index is 2.47. The Morgan fingerprint density at radius 2 is 1.59 bits per heavy atom. The van der Waals surface area contributed by atoms with E-state index in [1.807, 2.05) is 6.26 Å². The van der Waals surface area contributed by atoms with Crippen LogP contribution in [0.4, 0.5) is 19.3 Å². The van der Waals surface area contributed by atoms with Gasteiger partial charge in [0.1, 0.15) is 17.2 Å². The molecule has 2 N–H and O–H groups in total. The quantitative estimate of drug-likeness (QED) is 0.881. The third kappa shape index (κ3) is 3.09. The molecule has 0 fully saturated rings. The average molecular weight is 322 g/mol. The maximum atomic E-state index is 13.7. The van der Waals surface area contributed by atoms with Crippen molar-refractivity contribution >= 4 is 29.4 Å². The van der Waals surface area contributed by atoms with E-state index in [9.17, 15) is 18.4 Å². The van der Waals surface area contributed by atoms with Gasteiger partial charge in [-0.15, -0.1) is 11.8 Å². The van der Waals surface area contributed by atoms with Crippen LogP contribution in [0.2, 0.25) is 0 Å². The van der Waals surface area contributed by atoms with E-state index in [4.69, 9.17) is 5.73 Å². The van der Waals surface area contributed by atoms with Crippen LogP contribution in [-0.2, 0) is 0 Å². The fourth-order valence-electron chi connectivity index (χ4n) is 1.89. The largest absolute Gasteiger partial charge is 0.351 e. The molecule has 0 bridgehead atoms. The lowest BCUT2D eigenvalue weighted by Crippen LogP contribution is -2.41. The third-order valence-electron chi connectivity index (χ3n) is 2.93. The lowest BCUT2D eigenvalue weighted by atomic mass is 10.1. The number of nitrogens with two attached hydrogens (primary N) is 1. The summed E-state index contributed by atoms with van der Waals surface area (Å²) in [6.45, 7) is 0. The molecule has 0 aliphatic carbocycles. The van der Waals surface area contributed by atoms with E-state index in [0.717, 1.165) is 23.1 Å². The van der Waals surface area contributed by atoms with E-state index in [2.05, 4.69) is 0 Å². The molecule has 0 aromatic heterocycles. The van der Waals surface area contributed by atoms with Gasteiger partial charge in [0.25, 0.3) is 5.91 Å². The molecule has 0 radical (unpaired) electrons. The van der Waals surface area contributed by atoms with Gasteiger partial charge in [0.05, 0.1) is 5.69 Å². The van der Waals surface area contributed by atoms with Gasteiger partial charge in [0.15, 0.2) is 0 Å². The Morgan fingerprint density at radius 3 is 2.05 bits per heavy atom.